The minimum absolute atomic E-state index is 0.0246. The van der Waals surface area contributed by atoms with Gasteiger partial charge in [-0.25, -0.2) is 12.7 Å². The lowest BCUT2D eigenvalue weighted by Crippen LogP contribution is -2.55. The van der Waals surface area contributed by atoms with Gasteiger partial charge in [-0.2, -0.15) is 0 Å². The van der Waals surface area contributed by atoms with Gasteiger partial charge in [-0.3, -0.25) is 4.79 Å². The van der Waals surface area contributed by atoms with E-state index in [4.69, 9.17) is 11.6 Å². The van der Waals surface area contributed by atoms with Crippen molar-refractivity contribution in [3.63, 3.8) is 0 Å². The molecular weight excluding hydrogens is 444 g/mol. The Balaban J connectivity index is 1.30. The van der Waals surface area contributed by atoms with Crippen molar-refractivity contribution in [1.82, 2.24) is 4.31 Å². The highest BCUT2D eigenvalue weighted by atomic mass is 35.5. The monoisotopic (exact) mass is 472 g/mol. The summed E-state index contributed by atoms with van der Waals surface area (Å²) in [6, 6.07) is 14.2. The van der Waals surface area contributed by atoms with Crippen LogP contribution in [0.2, 0.25) is 0 Å². The summed E-state index contributed by atoms with van der Waals surface area (Å²) in [7, 11) is -0.550. The molecule has 4 saturated carbocycles. The van der Waals surface area contributed by atoms with Crippen LogP contribution < -0.4 is 5.32 Å². The number of nitrogens with one attached hydrogen (secondary N) is 1. The topological polar surface area (TPSA) is 66.5 Å². The van der Waals surface area contributed by atoms with Crippen molar-refractivity contribution in [3.05, 3.63) is 59.7 Å². The molecule has 0 spiro atoms. The third-order valence-corrected chi connectivity index (χ3v) is 9.91. The number of rotatable bonds is 5. The van der Waals surface area contributed by atoms with E-state index in [1.807, 2.05) is 12.1 Å². The van der Waals surface area contributed by atoms with Gasteiger partial charge in [-0.05, 0) is 97.7 Å². The van der Waals surface area contributed by atoms with Gasteiger partial charge >= 0.3 is 0 Å². The van der Waals surface area contributed by atoms with Gasteiger partial charge in [0.1, 0.15) is 0 Å². The predicted molar refractivity (Wildman–Crippen MR) is 127 cm³/mol. The van der Waals surface area contributed by atoms with Crippen molar-refractivity contribution in [1.29, 1.82) is 0 Å². The van der Waals surface area contributed by atoms with E-state index in [2.05, 4.69) is 17.4 Å². The molecule has 4 aliphatic rings. The summed E-state index contributed by atoms with van der Waals surface area (Å²) in [6.45, 7) is 0. The molecule has 7 heteroatoms. The Morgan fingerprint density at radius 1 is 0.969 bits per heavy atom. The van der Waals surface area contributed by atoms with Crippen LogP contribution >= 0.6 is 11.6 Å². The first kappa shape index (κ1) is 21.9. The molecule has 0 heterocycles. The third-order valence-electron chi connectivity index (χ3n) is 7.64. The molecule has 4 bridgehead atoms. The molecule has 5 nitrogen and oxygen atoms in total. The summed E-state index contributed by atoms with van der Waals surface area (Å²) in [5.41, 5.74) is 2.67. The Morgan fingerprint density at radius 2 is 1.56 bits per heavy atom. The Labute approximate surface area is 195 Å². The highest BCUT2D eigenvalue weighted by molar-refractivity contribution is 7.89. The van der Waals surface area contributed by atoms with Crippen LogP contribution in [0.25, 0.3) is 0 Å². The zero-order valence-electron chi connectivity index (χ0n) is 18.5. The maximum Gasteiger partial charge on any atom is 0.255 e. The molecule has 2 atom stereocenters. The standard InChI is InChI=1S/C25H29ClN2O3S/c1-28(2)32(30,31)22-9-3-19(4-10-22)23(29)27-21-7-5-20(6-8-21)24-12-17-11-18(13-24)15-25(26,14-17)16-24/h3-10,17-18H,11-16H2,1-2H3,(H,27,29)/t17-,18-,24?,25?/m1/s1. The highest BCUT2D eigenvalue weighted by Crippen LogP contribution is 2.64. The first-order valence-corrected chi connectivity index (χ1v) is 13.0. The quantitative estimate of drug-likeness (QED) is 0.621. The maximum absolute atomic E-state index is 12.7. The van der Waals surface area contributed by atoms with Gasteiger partial charge in [0.15, 0.2) is 0 Å². The number of amides is 1. The molecule has 2 aromatic rings. The fraction of sp³-hybridized carbons (Fsp3) is 0.480. The second kappa shape index (κ2) is 7.57. The smallest absolute Gasteiger partial charge is 0.255 e. The molecule has 6 rings (SSSR count). The van der Waals surface area contributed by atoms with Crippen molar-refractivity contribution in [2.24, 2.45) is 11.8 Å². The number of carbonyl (C=O) groups is 1. The summed E-state index contributed by atoms with van der Waals surface area (Å²) in [6.07, 6.45) is 7.17. The van der Waals surface area contributed by atoms with Gasteiger partial charge in [0, 0.05) is 30.2 Å². The molecule has 4 fully saturated rings. The Kier molecular flexibility index (Phi) is 5.19. The van der Waals surface area contributed by atoms with E-state index >= 15 is 0 Å². The normalized spacial score (nSPS) is 31.1. The highest BCUT2D eigenvalue weighted by Gasteiger charge is 2.57. The fourth-order valence-electron chi connectivity index (χ4n) is 6.59. The third kappa shape index (κ3) is 3.76. The van der Waals surface area contributed by atoms with E-state index in [0.29, 0.717) is 5.56 Å². The average molecular weight is 473 g/mol. The number of anilines is 1. The molecule has 1 N–H and O–H groups in total. The summed E-state index contributed by atoms with van der Waals surface area (Å²) < 4.78 is 25.6. The molecule has 4 aliphatic carbocycles. The van der Waals surface area contributed by atoms with Crippen LogP contribution in [0.3, 0.4) is 0 Å². The molecule has 0 saturated heterocycles. The SMILES string of the molecule is CN(C)S(=O)(=O)c1ccc(C(=O)Nc2ccc(C34C[C@H]5C[C@@H](CC(Cl)(C5)C3)C4)cc2)cc1. The average Bonchev–Trinajstić information content (AvgIpc) is 2.72. The van der Waals surface area contributed by atoms with Crippen LogP contribution in [-0.2, 0) is 15.4 Å². The summed E-state index contributed by atoms with van der Waals surface area (Å²) in [5.74, 6) is 1.22. The fourth-order valence-corrected chi connectivity index (χ4v) is 8.18. The van der Waals surface area contributed by atoms with Crippen LogP contribution in [0.1, 0.15) is 54.4 Å². The van der Waals surface area contributed by atoms with Crippen LogP contribution in [-0.4, -0.2) is 37.6 Å². The largest absolute Gasteiger partial charge is 0.322 e. The molecule has 0 unspecified atom stereocenters. The molecule has 0 aromatic heterocycles. The maximum atomic E-state index is 12.7. The Bertz CT molecular complexity index is 1130. The molecule has 170 valence electrons. The second-order valence-electron chi connectivity index (χ2n) is 10.2. The van der Waals surface area contributed by atoms with Crippen LogP contribution in [0.5, 0.6) is 0 Å². The van der Waals surface area contributed by atoms with Gasteiger partial charge in [-0.1, -0.05) is 12.1 Å². The number of hydrogen-bond acceptors (Lipinski definition) is 3. The van der Waals surface area contributed by atoms with Gasteiger partial charge in [0.05, 0.1) is 4.90 Å². The van der Waals surface area contributed by atoms with E-state index in [0.717, 1.165) is 41.1 Å². The van der Waals surface area contributed by atoms with Gasteiger partial charge < -0.3 is 5.32 Å². The first-order chi connectivity index (χ1) is 15.1. The molecule has 0 radical (unpaired) electrons. The predicted octanol–water partition coefficient (Wildman–Crippen LogP) is 5.02. The van der Waals surface area contributed by atoms with Gasteiger partial charge in [0.2, 0.25) is 10.0 Å². The van der Waals surface area contributed by atoms with Crippen molar-refractivity contribution < 1.29 is 13.2 Å². The molecule has 32 heavy (non-hydrogen) atoms. The van der Waals surface area contributed by atoms with Gasteiger partial charge in [-0.15, -0.1) is 11.6 Å². The zero-order valence-corrected chi connectivity index (χ0v) is 20.0. The van der Waals surface area contributed by atoms with E-state index in [1.165, 1.54) is 63.2 Å². The lowest BCUT2D eigenvalue weighted by molar-refractivity contribution is 0.00900. The van der Waals surface area contributed by atoms with E-state index in [-0.39, 0.29) is 21.1 Å². The number of benzene rings is 2. The zero-order chi connectivity index (χ0) is 22.7. The van der Waals surface area contributed by atoms with E-state index in [9.17, 15) is 13.2 Å². The number of sulfonamides is 1. The lowest BCUT2D eigenvalue weighted by atomic mass is 9.47. The van der Waals surface area contributed by atoms with Crippen LogP contribution in [0.15, 0.2) is 53.4 Å². The number of hydrogen-bond donors (Lipinski definition) is 1. The van der Waals surface area contributed by atoms with Crippen molar-refractivity contribution in [3.8, 4) is 0 Å². The summed E-state index contributed by atoms with van der Waals surface area (Å²) >= 11 is 7.00. The molecule has 1 amide bonds. The van der Waals surface area contributed by atoms with Crippen molar-refractivity contribution >= 4 is 33.2 Å². The molecule has 0 aliphatic heterocycles. The Hall–Kier alpha value is -1.89. The minimum Gasteiger partial charge on any atom is -0.322 e. The lowest BCUT2D eigenvalue weighted by Gasteiger charge is -2.60. The summed E-state index contributed by atoms with van der Waals surface area (Å²) in [5, 5.41) is 2.92. The van der Waals surface area contributed by atoms with Crippen molar-refractivity contribution in [2.45, 2.75) is 53.7 Å². The minimum atomic E-state index is -3.51. The Morgan fingerprint density at radius 3 is 2.09 bits per heavy atom. The molecular formula is C25H29ClN2O3S. The number of carbonyl (C=O) groups excluding carboxylic acids is 1. The molecule has 2 aromatic carbocycles. The van der Waals surface area contributed by atoms with Crippen molar-refractivity contribution in [2.75, 3.05) is 19.4 Å². The van der Waals surface area contributed by atoms with E-state index < -0.39 is 10.0 Å². The second-order valence-corrected chi connectivity index (χ2v) is 13.2. The van der Waals surface area contributed by atoms with E-state index in [1.54, 1.807) is 0 Å². The first-order valence-electron chi connectivity index (χ1n) is 11.2. The van der Waals surface area contributed by atoms with Crippen LogP contribution in [0, 0.1) is 11.8 Å². The van der Waals surface area contributed by atoms with Gasteiger partial charge in [0.25, 0.3) is 5.91 Å². The number of halogens is 1. The number of alkyl halides is 1. The summed E-state index contributed by atoms with van der Waals surface area (Å²) in [4.78, 5) is 12.8. The number of nitrogens with zero attached hydrogens (tertiary/aromatic N) is 1. The van der Waals surface area contributed by atoms with Crippen LogP contribution in [0.4, 0.5) is 5.69 Å².